The van der Waals surface area contributed by atoms with E-state index in [2.05, 4.69) is 169 Å². The number of rotatable bonds is 5. The number of benzene rings is 7. The Hall–Kier alpha value is -5.60. The fourth-order valence-corrected chi connectivity index (χ4v) is 5.93. The first kappa shape index (κ1) is 24.2. The Morgan fingerprint density at radius 3 is 1.62 bits per heavy atom. The van der Waals surface area contributed by atoms with Crippen molar-refractivity contribution in [2.24, 2.45) is 0 Å². The maximum Gasteiger partial charge on any atom is 0.137 e. The first-order valence-corrected chi connectivity index (χ1v) is 14.3. The van der Waals surface area contributed by atoms with E-state index in [-0.39, 0.29) is 0 Å². The lowest BCUT2D eigenvalue weighted by molar-refractivity contribution is 0.669. The van der Waals surface area contributed by atoms with Gasteiger partial charge in [-0.1, -0.05) is 109 Å². The standard InChI is InChI=1S/C40H27NO/c1-3-10-28(11-4-1)30-18-20-34(21-19-30)41(35-17-9-16-31(24-35)29-12-5-2-6-13-29)36-22-23-37-38-25-32-14-7-8-15-33(32)26-39(38)42-40(37)27-36/h1-27H. The van der Waals surface area contributed by atoms with Gasteiger partial charge in [0.05, 0.1) is 0 Å². The molecule has 8 aromatic rings. The molecule has 0 saturated carbocycles. The summed E-state index contributed by atoms with van der Waals surface area (Å²) in [5.74, 6) is 0. The van der Waals surface area contributed by atoms with Crippen LogP contribution in [0.3, 0.4) is 0 Å². The van der Waals surface area contributed by atoms with Gasteiger partial charge in [0, 0.05) is 33.9 Å². The highest BCUT2D eigenvalue weighted by molar-refractivity contribution is 6.10. The van der Waals surface area contributed by atoms with Crippen LogP contribution in [0.4, 0.5) is 17.1 Å². The fourth-order valence-electron chi connectivity index (χ4n) is 5.93. The van der Waals surface area contributed by atoms with Gasteiger partial charge in [0.1, 0.15) is 11.2 Å². The second kappa shape index (κ2) is 10.1. The Morgan fingerprint density at radius 1 is 0.333 bits per heavy atom. The van der Waals surface area contributed by atoms with Crippen molar-refractivity contribution in [2.45, 2.75) is 0 Å². The first-order valence-electron chi connectivity index (χ1n) is 14.3. The van der Waals surface area contributed by atoms with E-state index in [1.54, 1.807) is 0 Å². The molecular formula is C40H27NO. The molecule has 0 aliphatic carbocycles. The van der Waals surface area contributed by atoms with E-state index >= 15 is 0 Å². The zero-order valence-electron chi connectivity index (χ0n) is 22.9. The van der Waals surface area contributed by atoms with Crippen molar-refractivity contribution in [2.75, 3.05) is 4.90 Å². The van der Waals surface area contributed by atoms with Gasteiger partial charge in [-0.15, -0.1) is 0 Å². The normalized spacial score (nSPS) is 11.3. The van der Waals surface area contributed by atoms with Crippen molar-refractivity contribution >= 4 is 49.8 Å². The summed E-state index contributed by atoms with van der Waals surface area (Å²) in [7, 11) is 0. The number of hydrogen-bond acceptors (Lipinski definition) is 2. The summed E-state index contributed by atoms with van der Waals surface area (Å²) in [5, 5.41) is 4.66. The zero-order valence-corrected chi connectivity index (χ0v) is 22.9. The van der Waals surface area contributed by atoms with Gasteiger partial charge in [-0.2, -0.15) is 0 Å². The summed E-state index contributed by atoms with van der Waals surface area (Å²) >= 11 is 0. The molecule has 0 saturated heterocycles. The Labute approximate surface area is 244 Å². The number of furan rings is 1. The fraction of sp³-hybridized carbons (Fsp3) is 0. The van der Waals surface area contributed by atoms with Crippen LogP contribution in [0.5, 0.6) is 0 Å². The molecule has 0 spiro atoms. The molecule has 198 valence electrons. The average molecular weight is 538 g/mol. The molecule has 1 heterocycles. The molecule has 0 amide bonds. The van der Waals surface area contributed by atoms with Gasteiger partial charge >= 0.3 is 0 Å². The van der Waals surface area contributed by atoms with Crippen LogP contribution in [0.25, 0.3) is 55.0 Å². The predicted molar refractivity (Wildman–Crippen MR) is 177 cm³/mol. The smallest absolute Gasteiger partial charge is 0.137 e. The van der Waals surface area contributed by atoms with Crippen molar-refractivity contribution in [3.05, 3.63) is 164 Å². The third kappa shape index (κ3) is 4.31. The van der Waals surface area contributed by atoms with Gasteiger partial charge < -0.3 is 9.32 Å². The van der Waals surface area contributed by atoms with Gasteiger partial charge in [-0.3, -0.25) is 0 Å². The summed E-state index contributed by atoms with van der Waals surface area (Å²) in [5.41, 5.74) is 9.77. The van der Waals surface area contributed by atoms with Crippen LogP contribution in [0.1, 0.15) is 0 Å². The molecule has 0 radical (unpaired) electrons. The van der Waals surface area contributed by atoms with Gasteiger partial charge in [-0.25, -0.2) is 0 Å². The molecule has 0 fully saturated rings. The Balaban J connectivity index is 1.28. The number of hydrogen-bond donors (Lipinski definition) is 0. The quantitative estimate of drug-likeness (QED) is 0.217. The molecule has 0 unspecified atom stereocenters. The largest absolute Gasteiger partial charge is 0.456 e. The maximum absolute atomic E-state index is 6.47. The van der Waals surface area contributed by atoms with Crippen LogP contribution in [0.15, 0.2) is 168 Å². The Kier molecular flexibility index (Phi) is 5.82. The third-order valence-corrected chi connectivity index (χ3v) is 8.03. The summed E-state index contributed by atoms with van der Waals surface area (Å²) in [4.78, 5) is 2.31. The van der Waals surface area contributed by atoms with Crippen molar-refractivity contribution < 1.29 is 4.42 Å². The molecule has 0 aliphatic heterocycles. The van der Waals surface area contributed by atoms with Crippen molar-refractivity contribution in [3.63, 3.8) is 0 Å². The van der Waals surface area contributed by atoms with E-state index < -0.39 is 0 Å². The SMILES string of the molecule is c1ccc(-c2ccc(N(c3cccc(-c4ccccc4)c3)c3ccc4c(c3)oc3cc5ccccc5cc34)cc2)cc1. The minimum absolute atomic E-state index is 0.878. The number of nitrogens with zero attached hydrogens (tertiary/aromatic N) is 1. The van der Waals surface area contributed by atoms with E-state index in [1.165, 1.54) is 33.0 Å². The lowest BCUT2D eigenvalue weighted by Gasteiger charge is -2.26. The van der Waals surface area contributed by atoms with E-state index in [4.69, 9.17) is 4.42 Å². The van der Waals surface area contributed by atoms with Crippen LogP contribution in [0, 0.1) is 0 Å². The van der Waals surface area contributed by atoms with Gasteiger partial charge in [-0.05, 0) is 81.6 Å². The highest BCUT2D eigenvalue weighted by atomic mass is 16.3. The topological polar surface area (TPSA) is 16.4 Å². The van der Waals surface area contributed by atoms with Gasteiger partial charge in [0.25, 0.3) is 0 Å². The lowest BCUT2D eigenvalue weighted by atomic mass is 10.0. The van der Waals surface area contributed by atoms with Gasteiger partial charge in [0.2, 0.25) is 0 Å². The number of fused-ring (bicyclic) bond motifs is 4. The maximum atomic E-state index is 6.47. The lowest BCUT2D eigenvalue weighted by Crippen LogP contribution is -2.10. The molecule has 7 aromatic carbocycles. The zero-order chi connectivity index (χ0) is 27.9. The van der Waals surface area contributed by atoms with Crippen LogP contribution < -0.4 is 4.90 Å². The molecule has 0 N–H and O–H groups in total. The minimum Gasteiger partial charge on any atom is -0.456 e. The molecule has 2 nitrogen and oxygen atoms in total. The molecule has 0 bridgehead atoms. The van der Waals surface area contributed by atoms with Crippen molar-refractivity contribution in [3.8, 4) is 22.3 Å². The molecular weight excluding hydrogens is 510 g/mol. The summed E-state index contributed by atoms with van der Waals surface area (Å²) in [6, 6.07) is 58.0. The summed E-state index contributed by atoms with van der Waals surface area (Å²) in [6.45, 7) is 0. The van der Waals surface area contributed by atoms with E-state index in [0.29, 0.717) is 0 Å². The van der Waals surface area contributed by atoms with Crippen LogP contribution in [-0.4, -0.2) is 0 Å². The highest BCUT2D eigenvalue weighted by Gasteiger charge is 2.17. The molecule has 0 atom stereocenters. The van der Waals surface area contributed by atoms with Gasteiger partial charge in [0.15, 0.2) is 0 Å². The van der Waals surface area contributed by atoms with Crippen LogP contribution in [0.2, 0.25) is 0 Å². The van der Waals surface area contributed by atoms with Crippen LogP contribution in [-0.2, 0) is 0 Å². The second-order valence-electron chi connectivity index (χ2n) is 10.6. The van der Waals surface area contributed by atoms with E-state index in [0.717, 1.165) is 39.0 Å². The van der Waals surface area contributed by atoms with E-state index in [9.17, 15) is 0 Å². The Bertz CT molecular complexity index is 2180. The van der Waals surface area contributed by atoms with Crippen molar-refractivity contribution in [1.82, 2.24) is 0 Å². The molecule has 1 aromatic heterocycles. The van der Waals surface area contributed by atoms with Crippen LogP contribution >= 0.6 is 0 Å². The molecule has 2 heteroatoms. The highest BCUT2D eigenvalue weighted by Crippen LogP contribution is 2.40. The minimum atomic E-state index is 0.878. The summed E-state index contributed by atoms with van der Waals surface area (Å²) < 4.78 is 6.47. The molecule has 42 heavy (non-hydrogen) atoms. The van der Waals surface area contributed by atoms with E-state index in [1.807, 2.05) is 0 Å². The monoisotopic (exact) mass is 537 g/mol. The first-order chi connectivity index (χ1) is 20.8. The third-order valence-electron chi connectivity index (χ3n) is 8.03. The number of anilines is 3. The average Bonchev–Trinajstić information content (AvgIpc) is 3.41. The second-order valence-corrected chi connectivity index (χ2v) is 10.6. The molecule has 8 rings (SSSR count). The van der Waals surface area contributed by atoms with Crippen molar-refractivity contribution in [1.29, 1.82) is 0 Å². The Morgan fingerprint density at radius 2 is 0.881 bits per heavy atom. The predicted octanol–water partition coefficient (Wildman–Crippen LogP) is 11.5. The molecule has 0 aliphatic rings. The summed E-state index contributed by atoms with van der Waals surface area (Å²) in [6.07, 6.45) is 0.